The molecule has 0 aliphatic heterocycles. The van der Waals surface area contributed by atoms with E-state index in [0.29, 0.717) is 23.0 Å². The summed E-state index contributed by atoms with van der Waals surface area (Å²) in [5.74, 6) is 0.436. The second-order valence-electron chi connectivity index (χ2n) is 5.36. The molecule has 124 valence electrons. The molecule has 2 aromatic rings. The lowest BCUT2D eigenvalue weighted by Gasteiger charge is -2.23. The first-order valence-corrected chi connectivity index (χ1v) is 8.46. The summed E-state index contributed by atoms with van der Waals surface area (Å²) >= 11 is 7.63. The van der Waals surface area contributed by atoms with E-state index < -0.39 is 0 Å². The van der Waals surface area contributed by atoms with Crippen LogP contribution in [-0.4, -0.2) is 36.0 Å². The Morgan fingerprint density at radius 3 is 2.87 bits per heavy atom. The number of nitrogens with zero attached hydrogens (tertiary/aromatic N) is 2. The number of carbonyl (C=O) groups excluding carboxylic acids is 1. The first-order chi connectivity index (χ1) is 10.9. The van der Waals surface area contributed by atoms with Crippen LogP contribution >= 0.6 is 22.9 Å². The number of amides is 1. The smallest absolute Gasteiger partial charge is 0.241 e. The minimum absolute atomic E-state index is 0.109. The zero-order valence-corrected chi connectivity index (χ0v) is 15.2. The van der Waals surface area contributed by atoms with Crippen molar-refractivity contribution in [2.24, 2.45) is 0 Å². The van der Waals surface area contributed by atoms with Gasteiger partial charge in [-0.2, -0.15) is 0 Å². The number of carbonyl (C=O) groups is 1. The molecule has 5 nitrogen and oxygen atoms in total. The van der Waals surface area contributed by atoms with Crippen molar-refractivity contribution < 1.29 is 9.53 Å². The van der Waals surface area contributed by atoms with Crippen LogP contribution in [0.1, 0.15) is 18.2 Å². The first kappa shape index (κ1) is 17.7. The molecule has 1 atom stereocenters. The quantitative estimate of drug-likeness (QED) is 0.862. The lowest BCUT2D eigenvalue weighted by molar-refractivity contribution is -0.120. The molecule has 0 fully saturated rings. The number of rotatable bonds is 6. The summed E-state index contributed by atoms with van der Waals surface area (Å²) in [4.78, 5) is 18.7. The third-order valence-electron chi connectivity index (χ3n) is 3.67. The number of likely N-dealkylation sites (N-methyl/N-ethyl adjacent to an activating group) is 1. The van der Waals surface area contributed by atoms with Crippen LogP contribution in [0.25, 0.3) is 0 Å². The van der Waals surface area contributed by atoms with Gasteiger partial charge in [0, 0.05) is 23.0 Å². The van der Waals surface area contributed by atoms with Gasteiger partial charge in [0.05, 0.1) is 30.0 Å². The third kappa shape index (κ3) is 4.43. The van der Waals surface area contributed by atoms with Gasteiger partial charge < -0.3 is 10.1 Å². The van der Waals surface area contributed by atoms with E-state index in [1.165, 1.54) is 0 Å². The minimum atomic E-state index is -0.308. The van der Waals surface area contributed by atoms with Gasteiger partial charge in [-0.05, 0) is 32.5 Å². The van der Waals surface area contributed by atoms with Crippen molar-refractivity contribution in [1.82, 2.24) is 9.88 Å². The molecule has 2 rings (SSSR count). The molecule has 0 saturated heterocycles. The van der Waals surface area contributed by atoms with E-state index in [9.17, 15) is 4.79 Å². The average molecular weight is 354 g/mol. The van der Waals surface area contributed by atoms with Crippen molar-refractivity contribution in [2.45, 2.75) is 26.4 Å². The van der Waals surface area contributed by atoms with Crippen LogP contribution in [0.5, 0.6) is 5.75 Å². The van der Waals surface area contributed by atoms with Gasteiger partial charge in [0.15, 0.2) is 0 Å². The highest BCUT2D eigenvalue weighted by Crippen LogP contribution is 2.31. The van der Waals surface area contributed by atoms with E-state index in [2.05, 4.69) is 10.3 Å². The molecule has 23 heavy (non-hydrogen) atoms. The maximum absolute atomic E-state index is 12.5. The summed E-state index contributed by atoms with van der Waals surface area (Å²) < 4.78 is 5.29. The van der Waals surface area contributed by atoms with Crippen LogP contribution < -0.4 is 10.1 Å². The average Bonchev–Trinajstić information content (AvgIpc) is 3.02. The molecule has 1 aromatic carbocycles. The Bertz CT molecular complexity index is 676. The number of hydrogen-bond donors (Lipinski definition) is 1. The number of ether oxygens (including phenoxy) is 1. The standard InChI is InChI=1S/C16H20ClN3O2S/c1-10-5-14(15(22-4)6-13(10)17)19-16(21)11(2)20(3)7-12-8-23-9-18-12/h5-6,8-9,11H,7H2,1-4H3,(H,19,21)/t11-/m1/s1. The number of thiazole rings is 1. The fraction of sp³-hybridized carbons (Fsp3) is 0.375. The summed E-state index contributed by atoms with van der Waals surface area (Å²) in [5.41, 5.74) is 4.24. The third-order valence-corrected chi connectivity index (χ3v) is 4.72. The van der Waals surface area contributed by atoms with Crippen LogP contribution in [-0.2, 0) is 11.3 Å². The molecule has 0 saturated carbocycles. The van der Waals surface area contributed by atoms with Gasteiger partial charge in [-0.3, -0.25) is 9.69 Å². The van der Waals surface area contributed by atoms with Gasteiger partial charge in [-0.15, -0.1) is 11.3 Å². The summed E-state index contributed by atoms with van der Waals surface area (Å²) in [7, 11) is 3.45. The van der Waals surface area contributed by atoms with Crippen molar-refractivity contribution in [2.75, 3.05) is 19.5 Å². The van der Waals surface area contributed by atoms with E-state index in [-0.39, 0.29) is 11.9 Å². The Labute approximate surface area is 145 Å². The molecule has 0 bridgehead atoms. The van der Waals surface area contributed by atoms with E-state index >= 15 is 0 Å². The number of hydrogen-bond acceptors (Lipinski definition) is 5. The maximum atomic E-state index is 12.5. The molecule has 0 spiro atoms. The van der Waals surface area contributed by atoms with Gasteiger partial charge >= 0.3 is 0 Å². The van der Waals surface area contributed by atoms with Crippen LogP contribution in [0.2, 0.25) is 5.02 Å². The Hall–Kier alpha value is -1.63. The summed E-state index contributed by atoms with van der Waals surface area (Å²) in [6.45, 7) is 4.36. The monoisotopic (exact) mass is 353 g/mol. The molecule has 0 aliphatic carbocycles. The molecule has 0 radical (unpaired) electrons. The lowest BCUT2D eigenvalue weighted by Crippen LogP contribution is -2.39. The number of halogens is 1. The minimum Gasteiger partial charge on any atom is -0.495 e. The van der Waals surface area contributed by atoms with Crippen LogP contribution in [0.15, 0.2) is 23.0 Å². The van der Waals surface area contributed by atoms with Crippen LogP contribution in [0.4, 0.5) is 5.69 Å². The van der Waals surface area contributed by atoms with Gasteiger partial charge in [0.1, 0.15) is 5.75 Å². The fourth-order valence-electron chi connectivity index (χ4n) is 2.08. The van der Waals surface area contributed by atoms with Crippen LogP contribution in [0.3, 0.4) is 0 Å². The zero-order chi connectivity index (χ0) is 17.0. The molecule has 1 amide bonds. The van der Waals surface area contributed by atoms with E-state index in [4.69, 9.17) is 16.3 Å². The summed E-state index contributed by atoms with van der Waals surface area (Å²) in [6, 6.07) is 3.21. The first-order valence-electron chi connectivity index (χ1n) is 7.14. The number of aryl methyl sites for hydroxylation is 1. The zero-order valence-electron chi connectivity index (χ0n) is 13.6. The molecular weight excluding hydrogens is 334 g/mol. The van der Waals surface area contributed by atoms with E-state index in [1.54, 1.807) is 30.0 Å². The normalized spacial score (nSPS) is 12.3. The van der Waals surface area contributed by atoms with E-state index in [0.717, 1.165) is 11.3 Å². The Morgan fingerprint density at radius 2 is 2.26 bits per heavy atom. The Kier molecular flexibility index (Phi) is 5.98. The predicted molar refractivity (Wildman–Crippen MR) is 94.4 cm³/mol. The van der Waals surface area contributed by atoms with Crippen molar-refractivity contribution >= 4 is 34.5 Å². The van der Waals surface area contributed by atoms with Crippen molar-refractivity contribution in [3.63, 3.8) is 0 Å². The van der Waals surface area contributed by atoms with Gasteiger partial charge in [0.2, 0.25) is 5.91 Å². The lowest BCUT2D eigenvalue weighted by atomic mass is 10.2. The topological polar surface area (TPSA) is 54.5 Å². The molecule has 1 N–H and O–H groups in total. The summed E-state index contributed by atoms with van der Waals surface area (Å²) in [6.07, 6.45) is 0. The highest BCUT2D eigenvalue weighted by Gasteiger charge is 2.20. The van der Waals surface area contributed by atoms with Crippen molar-refractivity contribution in [3.05, 3.63) is 39.3 Å². The second kappa shape index (κ2) is 7.77. The summed E-state index contributed by atoms with van der Waals surface area (Å²) in [5, 5.41) is 5.49. The molecule has 0 aliphatic rings. The Balaban J connectivity index is 2.07. The highest BCUT2D eigenvalue weighted by atomic mass is 35.5. The van der Waals surface area contributed by atoms with Crippen LogP contribution in [0, 0.1) is 6.92 Å². The predicted octanol–water partition coefficient (Wildman–Crippen LogP) is 3.57. The van der Waals surface area contributed by atoms with E-state index in [1.807, 2.05) is 37.2 Å². The fourth-order valence-corrected chi connectivity index (χ4v) is 2.78. The second-order valence-corrected chi connectivity index (χ2v) is 6.49. The largest absolute Gasteiger partial charge is 0.495 e. The van der Waals surface area contributed by atoms with Gasteiger partial charge in [-0.1, -0.05) is 11.6 Å². The number of anilines is 1. The molecule has 1 heterocycles. The number of aromatic nitrogens is 1. The van der Waals surface area contributed by atoms with Crippen molar-refractivity contribution in [3.8, 4) is 5.75 Å². The maximum Gasteiger partial charge on any atom is 0.241 e. The highest BCUT2D eigenvalue weighted by molar-refractivity contribution is 7.07. The molecule has 7 heteroatoms. The molecular formula is C16H20ClN3O2S. The Morgan fingerprint density at radius 1 is 1.52 bits per heavy atom. The number of methoxy groups -OCH3 is 1. The molecule has 1 aromatic heterocycles. The van der Waals surface area contributed by atoms with Crippen molar-refractivity contribution in [1.29, 1.82) is 0 Å². The van der Waals surface area contributed by atoms with Gasteiger partial charge in [-0.25, -0.2) is 4.98 Å². The molecule has 0 unspecified atom stereocenters. The SMILES string of the molecule is COc1cc(Cl)c(C)cc1NC(=O)[C@@H](C)N(C)Cc1cscn1. The van der Waals surface area contributed by atoms with Gasteiger partial charge in [0.25, 0.3) is 0 Å². The number of nitrogens with one attached hydrogen (secondary N) is 1. The number of benzene rings is 1.